The Morgan fingerprint density at radius 1 is 1.20 bits per heavy atom. The summed E-state index contributed by atoms with van der Waals surface area (Å²) in [7, 11) is 1.86. The van der Waals surface area contributed by atoms with Crippen molar-refractivity contribution in [2.24, 2.45) is 11.3 Å². The zero-order valence-electron chi connectivity index (χ0n) is 11.8. The van der Waals surface area contributed by atoms with Crippen LogP contribution in [0.15, 0.2) is 24.3 Å². The summed E-state index contributed by atoms with van der Waals surface area (Å²) in [5.74, 6) is 2.61. The standard InChI is InChI=1S/C16H20N4/c1-17-15-19-13-5-3-2-4-12(13)14(20-15)18-10-16(8-9-16)11-6-7-11/h2-5,11H,6-10H2,1H3,(H2,17,18,19,20). The number of benzene rings is 1. The van der Waals surface area contributed by atoms with Crippen molar-refractivity contribution in [3.8, 4) is 0 Å². The van der Waals surface area contributed by atoms with Gasteiger partial charge in [-0.15, -0.1) is 0 Å². The molecule has 1 aromatic carbocycles. The van der Waals surface area contributed by atoms with Crippen molar-refractivity contribution in [3.63, 3.8) is 0 Å². The first-order chi connectivity index (χ1) is 9.81. The van der Waals surface area contributed by atoms with E-state index in [9.17, 15) is 0 Å². The van der Waals surface area contributed by atoms with E-state index >= 15 is 0 Å². The van der Waals surface area contributed by atoms with Gasteiger partial charge in [0, 0.05) is 19.0 Å². The lowest BCUT2D eigenvalue weighted by atomic mass is 10.0. The van der Waals surface area contributed by atoms with Crippen LogP contribution in [0.5, 0.6) is 0 Å². The zero-order chi connectivity index (χ0) is 13.6. The molecular weight excluding hydrogens is 248 g/mol. The Bertz CT molecular complexity index is 644. The molecule has 2 aliphatic carbocycles. The van der Waals surface area contributed by atoms with Gasteiger partial charge in [-0.2, -0.15) is 4.98 Å². The SMILES string of the molecule is CNc1nc(NCC2(C3CC3)CC2)c2ccccc2n1. The first-order valence-electron chi connectivity index (χ1n) is 7.49. The summed E-state index contributed by atoms with van der Waals surface area (Å²) in [4.78, 5) is 9.10. The number of aromatic nitrogens is 2. The number of nitrogens with one attached hydrogen (secondary N) is 2. The monoisotopic (exact) mass is 268 g/mol. The van der Waals surface area contributed by atoms with E-state index in [0.717, 1.165) is 29.2 Å². The van der Waals surface area contributed by atoms with Crippen LogP contribution in [0.4, 0.5) is 11.8 Å². The highest BCUT2D eigenvalue weighted by atomic mass is 15.1. The number of hydrogen-bond donors (Lipinski definition) is 2. The molecule has 2 aromatic rings. The van der Waals surface area contributed by atoms with Gasteiger partial charge in [-0.3, -0.25) is 0 Å². The number of anilines is 2. The maximum Gasteiger partial charge on any atom is 0.224 e. The third-order valence-electron chi connectivity index (χ3n) is 4.77. The lowest BCUT2D eigenvalue weighted by Crippen LogP contribution is -2.18. The van der Waals surface area contributed by atoms with Crippen molar-refractivity contribution < 1.29 is 0 Å². The molecule has 104 valence electrons. The van der Waals surface area contributed by atoms with Crippen LogP contribution in [0.25, 0.3) is 10.9 Å². The summed E-state index contributed by atoms with van der Waals surface area (Å²) in [6.07, 6.45) is 5.61. The Morgan fingerprint density at radius 3 is 2.70 bits per heavy atom. The predicted molar refractivity (Wildman–Crippen MR) is 82.0 cm³/mol. The van der Waals surface area contributed by atoms with Crippen molar-refractivity contribution in [2.75, 3.05) is 24.2 Å². The first-order valence-corrected chi connectivity index (χ1v) is 7.49. The largest absolute Gasteiger partial charge is 0.369 e. The number of fused-ring (bicyclic) bond motifs is 1. The van der Waals surface area contributed by atoms with Crippen LogP contribution < -0.4 is 10.6 Å². The van der Waals surface area contributed by atoms with Gasteiger partial charge < -0.3 is 10.6 Å². The Balaban J connectivity index is 1.64. The van der Waals surface area contributed by atoms with E-state index < -0.39 is 0 Å². The number of rotatable bonds is 5. The molecule has 0 unspecified atom stereocenters. The maximum absolute atomic E-state index is 4.60. The van der Waals surface area contributed by atoms with Gasteiger partial charge in [0.2, 0.25) is 5.95 Å². The lowest BCUT2D eigenvalue weighted by Gasteiger charge is -2.17. The molecule has 0 saturated heterocycles. The van der Waals surface area contributed by atoms with Gasteiger partial charge in [0.1, 0.15) is 5.82 Å². The second-order valence-electron chi connectivity index (χ2n) is 6.15. The molecule has 0 radical (unpaired) electrons. The molecule has 4 heteroatoms. The van der Waals surface area contributed by atoms with Crippen LogP contribution in [-0.2, 0) is 0 Å². The molecule has 1 aromatic heterocycles. The summed E-state index contributed by atoms with van der Waals surface area (Å²) >= 11 is 0. The normalized spacial score (nSPS) is 19.9. The second kappa shape index (κ2) is 4.33. The molecule has 2 aliphatic rings. The van der Waals surface area contributed by atoms with Gasteiger partial charge in [0.15, 0.2) is 0 Å². The minimum Gasteiger partial charge on any atom is -0.369 e. The number of para-hydroxylation sites is 1. The van der Waals surface area contributed by atoms with Crippen molar-refractivity contribution in [1.29, 1.82) is 0 Å². The Kier molecular flexibility index (Phi) is 2.59. The molecular formula is C16H20N4. The van der Waals surface area contributed by atoms with Gasteiger partial charge in [0.05, 0.1) is 5.52 Å². The fourth-order valence-corrected chi connectivity index (χ4v) is 3.17. The molecule has 20 heavy (non-hydrogen) atoms. The summed E-state index contributed by atoms with van der Waals surface area (Å²) in [6, 6.07) is 8.19. The van der Waals surface area contributed by atoms with Crippen molar-refractivity contribution >= 4 is 22.7 Å². The summed E-state index contributed by atoms with van der Waals surface area (Å²) in [6.45, 7) is 1.06. The Labute approximate surface area is 119 Å². The highest BCUT2D eigenvalue weighted by Crippen LogP contribution is 2.61. The Hall–Kier alpha value is -1.84. The molecule has 0 spiro atoms. The molecule has 4 nitrogen and oxygen atoms in total. The molecule has 2 fully saturated rings. The van der Waals surface area contributed by atoms with Crippen LogP contribution in [0, 0.1) is 11.3 Å². The summed E-state index contributed by atoms with van der Waals surface area (Å²) in [5.41, 5.74) is 1.57. The van der Waals surface area contributed by atoms with Crippen LogP contribution >= 0.6 is 0 Å². The minimum atomic E-state index is 0.575. The maximum atomic E-state index is 4.60. The molecule has 4 rings (SSSR count). The van der Waals surface area contributed by atoms with Crippen LogP contribution in [0.1, 0.15) is 25.7 Å². The highest BCUT2D eigenvalue weighted by Gasteiger charge is 2.53. The molecule has 0 bridgehead atoms. The van der Waals surface area contributed by atoms with Gasteiger partial charge in [-0.1, -0.05) is 12.1 Å². The highest BCUT2D eigenvalue weighted by molar-refractivity contribution is 5.90. The Morgan fingerprint density at radius 2 is 2.00 bits per heavy atom. The van der Waals surface area contributed by atoms with E-state index in [4.69, 9.17) is 0 Å². The summed E-state index contributed by atoms with van der Waals surface area (Å²) in [5, 5.41) is 7.75. The number of hydrogen-bond acceptors (Lipinski definition) is 4. The molecule has 0 atom stereocenters. The van der Waals surface area contributed by atoms with Crippen molar-refractivity contribution in [3.05, 3.63) is 24.3 Å². The quantitative estimate of drug-likeness (QED) is 0.873. The van der Waals surface area contributed by atoms with Gasteiger partial charge in [-0.25, -0.2) is 4.98 Å². The lowest BCUT2D eigenvalue weighted by molar-refractivity contribution is 0.466. The fraction of sp³-hybridized carbons (Fsp3) is 0.500. The van der Waals surface area contributed by atoms with Gasteiger partial charge in [0.25, 0.3) is 0 Å². The third kappa shape index (κ3) is 1.99. The van der Waals surface area contributed by atoms with Crippen LogP contribution in [0.3, 0.4) is 0 Å². The van der Waals surface area contributed by atoms with E-state index in [1.54, 1.807) is 0 Å². The van der Waals surface area contributed by atoms with Gasteiger partial charge in [-0.05, 0) is 49.1 Å². The van der Waals surface area contributed by atoms with E-state index in [1.165, 1.54) is 25.7 Å². The number of nitrogens with zero attached hydrogens (tertiary/aromatic N) is 2. The van der Waals surface area contributed by atoms with Crippen LogP contribution in [-0.4, -0.2) is 23.6 Å². The van der Waals surface area contributed by atoms with Crippen LogP contribution in [0.2, 0.25) is 0 Å². The fourth-order valence-electron chi connectivity index (χ4n) is 3.17. The molecule has 0 amide bonds. The molecule has 1 heterocycles. The van der Waals surface area contributed by atoms with E-state index in [1.807, 2.05) is 25.2 Å². The van der Waals surface area contributed by atoms with E-state index in [2.05, 4.69) is 26.7 Å². The van der Waals surface area contributed by atoms with E-state index in [0.29, 0.717) is 11.4 Å². The van der Waals surface area contributed by atoms with Crippen molar-refractivity contribution in [2.45, 2.75) is 25.7 Å². The topological polar surface area (TPSA) is 49.8 Å². The summed E-state index contributed by atoms with van der Waals surface area (Å²) < 4.78 is 0. The average molecular weight is 268 g/mol. The zero-order valence-corrected chi connectivity index (χ0v) is 11.8. The molecule has 0 aliphatic heterocycles. The second-order valence-corrected chi connectivity index (χ2v) is 6.15. The third-order valence-corrected chi connectivity index (χ3v) is 4.77. The predicted octanol–water partition coefficient (Wildman–Crippen LogP) is 3.27. The van der Waals surface area contributed by atoms with E-state index in [-0.39, 0.29) is 0 Å². The molecule has 2 N–H and O–H groups in total. The van der Waals surface area contributed by atoms with Crippen molar-refractivity contribution in [1.82, 2.24) is 9.97 Å². The molecule has 2 saturated carbocycles. The minimum absolute atomic E-state index is 0.575. The average Bonchev–Trinajstić information content (AvgIpc) is 3.37. The van der Waals surface area contributed by atoms with Gasteiger partial charge >= 0.3 is 0 Å². The smallest absolute Gasteiger partial charge is 0.224 e. The first kappa shape index (κ1) is 11.9.